The molecule has 1 fully saturated rings. The van der Waals surface area contributed by atoms with Gasteiger partial charge in [0.05, 0.1) is 5.69 Å². The number of carbonyl (C=O) groups is 1. The molecule has 1 aliphatic rings. The summed E-state index contributed by atoms with van der Waals surface area (Å²) in [4.78, 5) is 25.8. The largest absolute Gasteiger partial charge is 0.338 e. The topological polar surface area (TPSA) is 61.4 Å². The highest BCUT2D eigenvalue weighted by Gasteiger charge is 2.20. The fourth-order valence-corrected chi connectivity index (χ4v) is 2.82. The first-order valence-electron chi connectivity index (χ1n) is 8.45. The number of hydrogen-bond acceptors (Lipinski definition) is 5. The summed E-state index contributed by atoms with van der Waals surface area (Å²) in [6, 6.07) is 7.68. The lowest BCUT2D eigenvalue weighted by molar-refractivity contribution is 0.102. The van der Waals surface area contributed by atoms with Crippen LogP contribution in [0.5, 0.6) is 0 Å². The van der Waals surface area contributed by atoms with Gasteiger partial charge >= 0.3 is 0 Å². The van der Waals surface area contributed by atoms with Crippen LogP contribution in [0.3, 0.4) is 0 Å². The normalized spacial score (nSPS) is 15.2. The Morgan fingerprint density at radius 1 is 1.20 bits per heavy atom. The lowest BCUT2D eigenvalue weighted by atomic mass is 10.2. The predicted octanol–water partition coefficient (Wildman–Crippen LogP) is 2.32. The molecular weight excluding hydrogens is 321 g/mol. The first kappa shape index (κ1) is 17.3. The summed E-state index contributed by atoms with van der Waals surface area (Å²) < 4.78 is 13.7. The van der Waals surface area contributed by atoms with Crippen molar-refractivity contribution in [1.82, 2.24) is 14.9 Å². The van der Waals surface area contributed by atoms with Crippen molar-refractivity contribution in [3.8, 4) is 0 Å². The Hall–Kier alpha value is -2.54. The number of nitrogens with zero attached hydrogens (tertiary/aromatic N) is 4. The third kappa shape index (κ3) is 4.11. The zero-order valence-electron chi connectivity index (χ0n) is 14.5. The van der Waals surface area contributed by atoms with Gasteiger partial charge in [-0.05, 0) is 31.7 Å². The molecule has 7 heteroatoms. The number of nitrogens with one attached hydrogen (secondary N) is 1. The molecule has 0 saturated carbocycles. The Morgan fingerprint density at radius 3 is 2.60 bits per heavy atom. The first-order valence-corrected chi connectivity index (χ1v) is 8.45. The van der Waals surface area contributed by atoms with Crippen LogP contribution in [0.15, 0.2) is 30.3 Å². The minimum Gasteiger partial charge on any atom is -0.338 e. The van der Waals surface area contributed by atoms with Crippen molar-refractivity contribution in [2.75, 3.05) is 42.9 Å². The van der Waals surface area contributed by atoms with E-state index in [1.54, 1.807) is 18.2 Å². The minimum absolute atomic E-state index is 0.141. The van der Waals surface area contributed by atoms with E-state index < -0.39 is 11.7 Å². The highest BCUT2D eigenvalue weighted by molar-refractivity contribution is 6.03. The summed E-state index contributed by atoms with van der Waals surface area (Å²) in [7, 11) is 0. The predicted molar refractivity (Wildman–Crippen MR) is 95.4 cm³/mol. The van der Waals surface area contributed by atoms with Crippen molar-refractivity contribution in [3.63, 3.8) is 0 Å². The molecule has 1 aliphatic heterocycles. The van der Waals surface area contributed by atoms with E-state index in [0.717, 1.165) is 32.7 Å². The number of amides is 1. The fourth-order valence-electron chi connectivity index (χ4n) is 2.82. The average Bonchev–Trinajstić information content (AvgIpc) is 2.63. The molecule has 1 N–H and O–H groups in total. The second-order valence-corrected chi connectivity index (χ2v) is 6.05. The Kier molecular flexibility index (Phi) is 5.23. The molecule has 1 aromatic heterocycles. The van der Waals surface area contributed by atoms with Gasteiger partial charge in [-0.15, -0.1) is 0 Å². The van der Waals surface area contributed by atoms with E-state index in [2.05, 4.69) is 32.0 Å². The van der Waals surface area contributed by atoms with Crippen molar-refractivity contribution in [3.05, 3.63) is 47.5 Å². The Labute approximate surface area is 146 Å². The second-order valence-electron chi connectivity index (χ2n) is 6.05. The summed E-state index contributed by atoms with van der Waals surface area (Å²) in [5.74, 6) is -0.365. The van der Waals surface area contributed by atoms with Gasteiger partial charge < -0.3 is 15.1 Å². The number of para-hydroxylation sites is 1. The quantitative estimate of drug-likeness (QED) is 0.923. The highest BCUT2D eigenvalue weighted by Crippen LogP contribution is 2.16. The van der Waals surface area contributed by atoms with E-state index in [0.29, 0.717) is 11.6 Å². The van der Waals surface area contributed by atoms with Gasteiger partial charge in [0.2, 0.25) is 5.95 Å². The van der Waals surface area contributed by atoms with Gasteiger partial charge in [0, 0.05) is 31.9 Å². The standard InChI is InChI=1S/C18H22FN5O/c1-3-23-8-10-24(11-9-23)18-20-13(2)12-16(22-18)17(25)21-15-7-5-4-6-14(15)19/h4-7,12H,3,8-11H2,1-2H3,(H,21,25). The van der Waals surface area contributed by atoms with Crippen LogP contribution in [0.2, 0.25) is 0 Å². The first-order chi connectivity index (χ1) is 12.1. The Morgan fingerprint density at radius 2 is 1.92 bits per heavy atom. The summed E-state index contributed by atoms with van der Waals surface area (Å²) in [5, 5.41) is 2.57. The summed E-state index contributed by atoms with van der Waals surface area (Å²) in [6.45, 7) is 8.54. The summed E-state index contributed by atoms with van der Waals surface area (Å²) in [6.07, 6.45) is 0. The third-order valence-electron chi connectivity index (χ3n) is 4.30. The van der Waals surface area contributed by atoms with Crippen molar-refractivity contribution in [2.24, 2.45) is 0 Å². The maximum Gasteiger partial charge on any atom is 0.274 e. The maximum absolute atomic E-state index is 13.7. The second kappa shape index (κ2) is 7.57. The van der Waals surface area contributed by atoms with Gasteiger partial charge in [-0.1, -0.05) is 19.1 Å². The van der Waals surface area contributed by atoms with Crippen LogP contribution in [-0.2, 0) is 0 Å². The molecule has 0 unspecified atom stereocenters. The third-order valence-corrected chi connectivity index (χ3v) is 4.30. The minimum atomic E-state index is -0.475. The van der Waals surface area contributed by atoms with Crippen LogP contribution in [0, 0.1) is 12.7 Å². The SMILES string of the molecule is CCN1CCN(c2nc(C)cc(C(=O)Nc3ccccc3F)n2)CC1. The van der Waals surface area contributed by atoms with Gasteiger partial charge in [-0.25, -0.2) is 14.4 Å². The molecule has 0 spiro atoms. The van der Waals surface area contributed by atoms with E-state index in [1.165, 1.54) is 12.1 Å². The van der Waals surface area contributed by atoms with E-state index in [9.17, 15) is 9.18 Å². The molecule has 1 aromatic carbocycles. The molecule has 1 saturated heterocycles. The van der Waals surface area contributed by atoms with Crippen LogP contribution in [-0.4, -0.2) is 53.5 Å². The molecule has 0 atom stereocenters. The van der Waals surface area contributed by atoms with Crippen LogP contribution in [0.25, 0.3) is 0 Å². The van der Waals surface area contributed by atoms with E-state index >= 15 is 0 Å². The zero-order chi connectivity index (χ0) is 17.8. The highest BCUT2D eigenvalue weighted by atomic mass is 19.1. The van der Waals surface area contributed by atoms with Crippen molar-refractivity contribution < 1.29 is 9.18 Å². The monoisotopic (exact) mass is 343 g/mol. The number of hydrogen-bond donors (Lipinski definition) is 1. The van der Waals surface area contributed by atoms with Gasteiger partial charge in [-0.2, -0.15) is 0 Å². The van der Waals surface area contributed by atoms with E-state index in [4.69, 9.17) is 0 Å². The molecule has 3 rings (SSSR count). The summed E-state index contributed by atoms with van der Waals surface area (Å²) >= 11 is 0. The van der Waals surface area contributed by atoms with E-state index in [-0.39, 0.29) is 11.4 Å². The van der Waals surface area contributed by atoms with Crippen molar-refractivity contribution in [1.29, 1.82) is 0 Å². The lowest BCUT2D eigenvalue weighted by Gasteiger charge is -2.34. The van der Waals surface area contributed by atoms with Crippen LogP contribution < -0.4 is 10.2 Å². The molecule has 25 heavy (non-hydrogen) atoms. The van der Waals surface area contributed by atoms with Gasteiger partial charge in [0.15, 0.2) is 0 Å². The zero-order valence-corrected chi connectivity index (χ0v) is 14.5. The Bertz CT molecular complexity index is 759. The number of piperazine rings is 1. The average molecular weight is 343 g/mol. The van der Waals surface area contributed by atoms with Crippen LogP contribution >= 0.6 is 0 Å². The number of rotatable bonds is 4. The molecule has 6 nitrogen and oxygen atoms in total. The Balaban J connectivity index is 1.77. The molecule has 0 radical (unpaired) electrons. The number of halogens is 1. The number of aromatic nitrogens is 2. The van der Waals surface area contributed by atoms with Gasteiger partial charge in [-0.3, -0.25) is 4.79 Å². The number of carbonyl (C=O) groups excluding carboxylic acids is 1. The maximum atomic E-state index is 13.7. The number of benzene rings is 1. The molecule has 2 heterocycles. The van der Waals surface area contributed by atoms with Crippen LogP contribution in [0.1, 0.15) is 23.1 Å². The van der Waals surface area contributed by atoms with Gasteiger partial charge in [0.25, 0.3) is 5.91 Å². The molecule has 2 aromatic rings. The summed E-state index contributed by atoms with van der Waals surface area (Å²) in [5.41, 5.74) is 1.09. The smallest absolute Gasteiger partial charge is 0.274 e. The van der Waals surface area contributed by atoms with Crippen molar-refractivity contribution >= 4 is 17.5 Å². The van der Waals surface area contributed by atoms with Crippen LogP contribution in [0.4, 0.5) is 16.0 Å². The number of likely N-dealkylation sites (N-methyl/N-ethyl adjacent to an activating group) is 1. The van der Waals surface area contributed by atoms with E-state index in [1.807, 2.05) is 6.92 Å². The van der Waals surface area contributed by atoms with Crippen molar-refractivity contribution in [2.45, 2.75) is 13.8 Å². The molecular formula is C18H22FN5O. The molecule has 132 valence electrons. The lowest BCUT2D eigenvalue weighted by Crippen LogP contribution is -2.47. The molecule has 0 bridgehead atoms. The number of anilines is 2. The molecule has 0 aliphatic carbocycles. The number of aryl methyl sites for hydroxylation is 1. The fraction of sp³-hybridized carbons (Fsp3) is 0.389. The van der Waals surface area contributed by atoms with Gasteiger partial charge in [0.1, 0.15) is 11.5 Å². The molecule has 1 amide bonds.